The van der Waals surface area contributed by atoms with E-state index >= 15 is 0 Å². The lowest BCUT2D eigenvalue weighted by Gasteiger charge is -2.14. The number of phenolic OH excluding ortho intramolecular Hbond substituents is 1. The molecule has 2 N–H and O–H groups in total. The molecule has 0 spiro atoms. The maximum absolute atomic E-state index is 12.4. The fourth-order valence-corrected chi connectivity index (χ4v) is 4.03. The Morgan fingerprint density at radius 1 is 1.29 bits per heavy atom. The van der Waals surface area contributed by atoms with Crippen molar-refractivity contribution < 1.29 is 14.7 Å². The molecule has 24 heavy (non-hydrogen) atoms. The number of benzene rings is 1. The number of para-hydroxylation sites is 2. The third-order valence-corrected chi connectivity index (χ3v) is 5.37. The molecule has 2 aromatic rings. The summed E-state index contributed by atoms with van der Waals surface area (Å²) in [6, 6.07) is 10.2. The highest BCUT2D eigenvalue weighted by molar-refractivity contribution is 8.26. The van der Waals surface area contributed by atoms with Gasteiger partial charge in [0.15, 0.2) is 0 Å². The Bertz CT molecular complexity index is 831. The monoisotopic (exact) mass is 376 g/mol. The number of phenols is 1. The van der Waals surface area contributed by atoms with Crippen molar-refractivity contribution in [3.8, 4) is 5.75 Å². The van der Waals surface area contributed by atoms with Crippen LogP contribution in [0.15, 0.2) is 46.7 Å². The fourth-order valence-electron chi connectivity index (χ4n) is 2.05. The summed E-state index contributed by atoms with van der Waals surface area (Å²) in [6.07, 6.45) is 1.77. The van der Waals surface area contributed by atoms with Crippen molar-refractivity contribution in [3.05, 3.63) is 51.6 Å². The maximum Gasteiger partial charge on any atom is 0.266 e. The van der Waals surface area contributed by atoms with E-state index in [0.29, 0.717) is 14.9 Å². The lowest BCUT2D eigenvalue weighted by atomic mass is 10.3. The number of rotatable bonds is 4. The lowest BCUT2D eigenvalue weighted by Crippen LogP contribution is -2.36. The van der Waals surface area contributed by atoms with Gasteiger partial charge in [-0.15, -0.1) is 11.3 Å². The molecule has 122 valence electrons. The van der Waals surface area contributed by atoms with Crippen LogP contribution in [-0.4, -0.2) is 32.7 Å². The Kier molecular flexibility index (Phi) is 4.98. The second-order valence-electron chi connectivity index (χ2n) is 4.85. The molecule has 1 fully saturated rings. The van der Waals surface area contributed by atoms with E-state index in [9.17, 15) is 14.7 Å². The number of hydrogen-bond donors (Lipinski definition) is 2. The van der Waals surface area contributed by atoms with E-state index in [1.165, 1.54) is 34.1 Å². The minimum atomic E-state index is -0.426. The summed E-state index contributed by atoms with van der Waals surface area (Å²) in [5, 5.41) is 14.2. The highest BCUT2D eigenvalue weighted by Gasteiger charge is 2.33. The van der Waals surface area contributed by atoms with Gasteiger partial charge >= 0.3 is 0 Å². The van der Waals surface area contributed by atoms with Crippen LogP contribution in [0.1, 0.15) is 4.88 Å². The summed E-state index contributed by atoms with van der Waals surface area (Å²) < 4.78 is 0.343. The number of nitrogens with one attached hydrogen (secondary N) is 1. The number of nitrogens with zero attached hydrogens (tertiary/aromatic N) is 1. The van der Waals surface area contributed by atoms with Gasteiger partial charge < -0.3 is 10.4 Å². The van der Waals surface area contributed by atoms with Gasteiger partial charge in [0.05, 0.1) is 10.6 Å². The van der Waals surface area contributed by atoms with Crippen LogP contribution in [-0.2, 0) is 9.59 Å². The topological polar surface area (TPSA) is 69.6 Å². The molecule has 0 bridgehead atoms. The van der Waals surface area contributed by atoms with Gasteiger partial charge in [-0.05, 0) is 29.7 Å². The molecule has 0 aliphatic carbocycles. The van der Waals surface area contributed by atoms with E-state index in [-0.39, 0.29) is 18.2 Å². The second-order valence-corrected chi connectivity index (χ2v) is 7.50. The number of hydrogen-bond acceptors (Lipinski definition) is 6. The van der Waals surface area contributed by atoms with Crippen molar-refractivity contribution in [2.45, 2.75) is 0 Å². The van der Waals surface area contributed by atoms with Gasteiger partial charge in [0, 0.05) is 4.88 Å². The average Bonchev–Trinajstić information content (AvgIpc) is 3.14. The number of thiocarbonyl (C=S) groups is 1. The van der Waals surface area contributed by atoms with E-state index in [0.717, 1.165) is 4.88 Å². The van der Waals surface area contributed by atoms with Crippen molar-refractivity contribution in [1.82, 2.24) is 4.90 Å². The Morgan fingerprint density at radius 2 is 2.08 bits per heavy atom. The van der Waals surface area contributed by atoms with Crippen LogP contribution >= 0.6 is 35.3 Å². The maximum atomic E-state index is 12.4. The number of carbonyl (C=O) groups is 2. The van der Waals surface area contributed by atoms with E-state index in [1.54, 1.807) is 24.3 Å². The third kappa shape index (κ3) is 3.66. The number of thioether (sulfide) groups is 1. The van der Waals surface area contributed by atoms with Crippen molar-refractivity contribution in [3.63, 3.8) is 0 Å². The average molecular weight is 376 g/mol. The first-order valence-corrected chi connectivity index (χ1v) is 9.02. The Morgan fingerprint density at radius 3 is 2.79 bits per heavy atom. The summed E-state index contributed by atoms with van der Waals surface area (Å²) in [5.74, 6) is -0.746. The van der Waals surface area contributed by atoms with E-state index in [2.05, 4.69) is 5.32 Å². The fraction of sp³-hybridized carbons (Fsp3) is 0.0625. The molecule has 2 heterocycles. The predicted molar refractivity (Wildman–Crippen MR) is 101 cm³/mol. The summed E-state index contributed by atoms with van der Waals surface area (Å²) in [7, 11) is 0. The van der Waals surface area contributed by atoms with Crippen LogP contribution in [0.25, 0.3) is 6.08 Å². The molecule has 1 saturated heterocycles. The van der Waals surface area contributed by atoms with Gasteiger partial charge in [0.1, 0.15) is 16.6 Å². The predicted octanol–water partition coefficient (Wildman–Crippen LogP) is 3.29. The Hall–Kier alpha value is -2.16. The molecule has 0 saturated carbocycles. The third-order valence-electron chi connectivity index (χ3n) is 3.17. The SMILES string of the molecule is O=C(CN1C(=O)C(=Cc2cccs2)SC1=S)Nc1ccccc1O. The van der Waals surface area contributed by atoms with Gasteiger partial charge in [-0.2, -0.15) is 0 Å². The molecule has 1 aromatic carbocycles. The zero-order chi connectivity index (χ0) is 17.1. The molecule has 1 aliphatic heterocycles. The van der Waals surface area contributed by atoms with E-state index in [1.807, 2.05) is 17.5 Å². The highest BCUT2D eigenvalue weighted by atomic mass is 32.2. The molecule has 1 aromatic heterocycles. The van der Waals surface area contributed by atoms with Crippen molar-refractivity contribution in [1.29, 1.82) is 0 Å². The molecular weight excluding hydrogens is 364 g/mol. The quantitative estimate of drug-likeness (QED) is 0.487. The Labute approximate surface area is 152 Å². The number of thiophene rings is 1. The van der Waals surface area contributed by atoms with Crippen LogP contribution in [0.4, 0.5) is 5.69 Å². The minimum absolute atomic E-state index is 0.0335. The number of carbonyl (C=O) groups excluding carboxylic acids is 2. The van der Waals surface area contributed by atoms with Crippen LogP contribution in [0, 0.1) is 0 Å². The molecule has 5 nitrogen and oxygen atoms in total. The van der Waals surface area contributed by atoms with Gasteiger partial charge in [-0.1, -0.05) is 42.2 Å². The largest absolute Gasteiger partial charge is 0.506 e. The van der Waals surface area contributed by atoms with Gasteiger partial charge in [-0.3, -0.25) is 14.5 Å². The van der Waals surface area contributed by atoms with Crippen LogP contribution in [0.3, 0.4) is 0 Å². The summed E-state index contributed by atoms with van der Waals surface area (Å²) in [6.45, 7) is -0.194. The number of anilines is 1. The van der Waals surface area contributed by atoms with Crippen molar-refractivity contribution >= 4 is 63.2 Å². The van der Waals surface area contributed by atoms with E-state index < -0.39 is 5.91 Å². The summed E-state index contributed by atoms with van der Waals surface area (Å²) in [4.78, 5) is 27.3. The zero-order valence-corrected chi connectivity index (χ0v) is 14.7. The molecule has 8 heteroatoms. The first-order valence-electron chi connectivity index (χ1n) is 6.91. The van der Waals surface area contributed by atoms with E-state index in [4.69, 9.17) is 12.2 Å². The van der Waals surface area contributed by atoms with Crippen LogP contribution in [0.5, 0.6) is 5.75 Å². The highest BCUT2D eigenvalue weighted by Crippen LogP contribution is 2.33. The van der Waals surface area contributed by atoms with Gasteiger partial charge in [0.2, 0.25) is 5.91 Å². The number of aromatic hydroxyl groups is 1. The Balaban J connectivity index is 1.69. The lowest BCUT2D eigenvalue weighted by molar-refractivity contribution is -0.126. The van der Waals surface area contributed by atoms with Gasteiger partial charge in [0.25, 0.3) is 5.91 Å². The molecule has 1 aliphatic rings. The molecule has 2 amide bonds. The smallest absolute Gasteiger partial charge is 0.266 e. The molecule has 0 radical (unpaired) electrons. The summed E-state index contributed by atoms with van der Waals surface area (Å²) >= 11 is 7.90. The summed E-state index contributed by atoms with van der Waals surface area (Å²) in [5.41, 5.74) is 0.294. The first kappa shape index (κ1) is 16.7. The molecule has 0 atom stereocenters. The van der Waals surface area contributed by atoms with Crippen LogP contribution in [0.2, 0.25) is 0 Å². The minimum Gasteiger partial charge on any atom is -0.506 e. The number of amides is 2. The standard InChI is InChI=1S/C16H12N2O3S3/c19-12-6-2-1-5-11(12)17-14(20)9-18-15(21)13(24-16(18)22)8-10-4-3-7-23-10/h1-8,19H,9H2,(H,17,20). The van der Waals surface area contributed by atoms with Crippen molar-refractivity contribution in [2.24, 2.45) is 0 Å². The second kappa shape index (κ2) is 7.16. The van der Waals surface area contributed by atoms with Gasteiger partial charge in [-0.25, -0.2) is 0 Å². The molecule has 3 rings (SSSR count). The van der Waals surface area contributed by atoms with Crippen LogP contribution < -0.4 is 5.32 Å². The normalized spacial score (nSPS) is 16.0. The first-order chi connectivity index (χ1) is 11.5. The molecule has 0 unspecified atom stereocenters. The van der Waals surface area contributed by atoms with Crippen molar-refractivity contribution in [2.75, 3.05) is 11.9 Å². The molecular formula is C16H12N2O3S3. The zero-order valence-electron chi connectivity index (χ0n) is 12.3.